The van der Waals surface area contributed by atoms with Crippen molar-refractivity contribution in [2.24, 2.45) is 0 Å². The van der Waals surface area contributed by atoms with E-state index in [4.69, 9.17) is 18.9 Å². The Hall–Kier alpha value is -3.01. The second-order valence-corrected chi connectivity index (χ2v) is 19.5. The van der Waals surface area contributed by atoms with Crippen molar-refractivity contribution in [3.63, 3.8) is 0 Å². The molecule has 0 rings (SSSR count). The van der Waals surface area contributed by atoms with E-state index < -0.39 is 24.3 Å². The quantitative estimate of drug-likeness (QED) is 0.0195. The van der Waals surface area contributed by atoms with Gasteiger partial charge in [-0.25, -0.2) is 0 Å². The third-order valence-corrected chi connectivity index (χ3v) is 11.7. The third kappa shape index (κ3) is 50.7. The van der Waals surface area contributed by atoms with Gasteiger partial charge in [0.25, 0.3) is 0 Å². The molecule has 0 aromatic heterocycles. The zero-order valence-electron chi connectivity index (χ0n) is 44.0. The van der Waals surface area contributed by atoms with Gasteiger partial charge in [0.2, 0.25) is 0 Å². The molecule has 0 aliphatic rings. The van der Waals surface area contributed by atoms with Gasteiger partial charge >= 0.3 is 11.9 Å². The lowest BCUT2D eigenvalue weighted by atomic mass is 10.0. The Morgan fingerprint density at radius 2 is 0.851 bits per heavy atom. The minimum atomic E-state index is -1.63. The molecule has 0 spiro atoms. The number of carbonyl (C=O) groups excluding carboxylic acids is 3. The molecule has 0 radical (unpaired) electrons. The summed E-state index contributed by atoms with van der Waals surface area (Å²) in [5.41, 5.74) is 0. The van der Waals surface area contributed by atoms with Crippen LogP contribution in [0.4, 0.5) is 0 Å². The van der Waals surface area contributed by atoms with E-state index in [1.54, 1.807) is 0 Å². The van der Waals surface area contributed by atoms with Gasteiger partial charge in [0.05, 0.1) is 40.3 Å². The van der Waals surface area contributed by atoms with Crippen LogP contribution >= 0.6 is 0 Å². The molecule has 2 atom stereocenters. The molecule has 2 unspecified atom stereocenters. The number of quaternary nitrogens is 1. The molecule has 9 heteroatoms. The first-order chi connectivity index (χ1) is 32.6. The summed E-state index contributed by atoms with van der Waals surface area (Å²) in [5, 5.41) is 11.7. The Kier molecular flexibility index (Phi) is 47.2. The largest absolute Gasteiger partial charge is 0.545 e. The van der Waals surface area contributed by atoms with Gasteiger partial charge in [-0.1, -0.05) is 203 Å². The van der Waals surface area contributed by atoms with Crippen LogP contribution in [0, 0.1) is 0 Å². The highest BCUT2D eigenvalue weighted by molar-refractivity contribution is 5.70. The minimum absolute atomic E-state index is 0.144. The summed E-state index contributed by atoms with van der Waals surface area (Å²) in [7, 11) is 5.91. The Labute approximate surface area is 412 Å². The van der Waals surface area contributed by atoms with Gasteiger partial charge in [-0.05, 0) is 77.0 Å². The van der Waals surface area contributed by atoms with Crippen LogP contribution in [0.15, 0.2) is 60.8 Å². The first-order valence-electron chi connectivity index (χ1n) is 27.4. The number of aliphatic carboxylic acids is 1. The van der Waals surface area contributed by atoms with Crippen LogP contribution in [0.25, 0.3) is 0 Å². The molecule has 0 aliphatic carbocycles. The molecule has 0 bridgehead atoms. The van der Waals surface area contributed by atoms with Gasteiger partial charge in [-0.2, -0.15) is 0 Å². The monoisotopic (exact) mass is 942 g/mol. The standard InChI is InChI=1S/C58H103NO8/c1-6-8-10-12-14-16-18-20-22-24-25-26-27-28-29-30-31-33-34-36-38-40-42-44-46-48-55(60)65-52-54(53-66-58(57(62)63)64-51-50-59(3,4)5)67-56(61)49-47-45-43-41-39-37-35-32-23-21-19-17-15-13-11-9-7-2/h9,11,15,17-18,20-21,23-25,54,58H,6-8,10,12-14,16,19,22,26-53H2,1-5H3/b11-9-,17-15-,20-18-,23-21-,25-24-. The molecule has 388 valence electrons. The van der Waals surface area contributed by atoms with Crippen molar-refractivity contribution in [1.29, 1.82) is 0 Å². The van der Waals surface area contributed by atoms with Crippen molar-refractivity contribution in [2.45, 2.75) is 245 Å². The van der Waals surface area contributed by atoms with E-state index in [1.165, 1.54) is 128 Å². The number of unbranched alkanes of at least 4 members (excludes halogenated alkanes) is 25. The number of ether oxygens (including phenoxy) is 4. The highest BCUT2D eigenvalue weighted by Gasteiger charge is 2.22. The van der Waals surface area contributed by atoms with Gasteiger partial charge in [0, 0.05) is 12.8 Å². The summed E-state index contributed by atoms with van der Waals surface area (Å²) in [6, 6.07) is 0. The second kappa shape index (κ2) is 49.4. The summed E-state index contributed by atoms with van der Waals surface area (Å²) in [4.78, 5) is 37.2. The molecule has 0 fully saturated rings. The maximum absolute atomic E-state index is 12.8. The van der Waals surface area contributed by atoms with E-state index in [0.717, 1.165) is 70.6 Å². The lowest BCUT2D eigenvalue weighted by molar-refractivity contribution is -0.870. The van der Waals surface area contributed by atoms with E-state index in [1.807, 2.05) is 21.1 Å². The van der Waals surface area contributed by atoms with E-state index in [-0.39, 0.29) is 38.6 Å². The fourth-order valence-electron chi connectivity index (χ4n) is 7.52. The van der Waals surface area contributed by atoms with E-state index in [9.17, 15) is 19.5 Å². The van der Waals surface area contributed by atoms with Gasteiger partial charge < -0.3 is 33.3 Å². The Morgan fingerprint density at radius 3 is 1.27 bits per heavy atom. The fourth-order valence-corrected chi connectivity index (χ4v) is 7.52. The third-order valence-electron chi connectivity index (χ3n) is 11.7. The number of carbonyl (C=O) groups is 3. The van der Waals surface area contributed by atoms with Crippen molar-refractivity contribution < 1.29 is 42.9 Å². The number of carboxylic acid groups (broad SMARTS) is 1. The van der Waals surface area contributed by atoms with E-state index in [2.05, 4.69) is 74.6 Å². The smallest absolute Gasteiger partial charge is 0.306 e. The van der Waals surface area contributed by atoms with Gasteiger partial charge in [0.1, 0.15) is 13.2 Å². The Morgan fingerprint density at radius 1 is 0.463 bits per heavy atom. The van der Waals surface area contributed by atoms with Crippen LogP contribution in [0.1, 0.15) is 232 Å². The summed E-state index contributed by atoms with van der Waals surface area (Å²) in [6.07, 6.45) is 58.3. The van der Waals surface area contributed by atoms with Crippen LogP contribution < -0.4 is 5.11 Å². The molecule has 67 heavy (non-hydrogen) atoms. The molecule has 0 N–H and O–H groups in total. The van der Waals surface area contributed by atoms with Gasteiger partial charge in [-0.15, -0.1) is 0 Å². The molecule has 0 aromatic carbocycles. The fraction of sp³-hybridized carbons (Fsp3) is 0.776. The summed E-state index contributed by atoms with van der Waals surface area (Å²) >= 11 is 0. The van der Waals surface area contributed by atoms with Crippen molar-refractivity contribution in [1.82, 2.24) is 0 Å². The van der Waals surface area contributed by atoms with Crippen LogP contribution in [0.2, 0.25) is 0 Å². The number of rotatable bonds is 50. The predicted octanol–water partition coefficient (Wildman–Crippen LogP) is 14.3. The lowest BCUT2D eigenvalue weighted by Gasteiger charge is -2.26. The summed E-state index contributed by atoms with van der Waals surface area (Å²) < 4.78 is 22.7. The molecule has 0 aliphatic heterocycles. The maximum atomic E-state index is 12.8. The first kappa shape index (κ1) is 64.0. The number of esters is 2. The van der Waals surface area contributed by atoms with E-state index in [0.29, 0.717) is 17.4 Å². The normalized spacial score (nSPS) is 13.3. The van der Waals surface area contributed by atoms with Crippen molar-refractivity contribution in [2.75, 3.05) is 47.5 Å². The highest BCUT2D eigenvalue weighted by atomic mass is 16.7. The number of hydrogen-bond donors (Lipinski definition) is 0. The SMILES string of the molecule is CC/C=C\C/C=C\C/C=C\CCCCCCCCCC(=O)OC(COC(=O)CCCCCCCCCCCCCCC/C=C\C/C=C\CCCCCCC)COC(OCC[N+](C)(C)C)C(=O)[O-]. The van der Waals surface area contributed by atoms with Crippen LogP contribution in [-0.4, -0.2) is 82.3 Å². The zero-order chi connectivity index (χ0) is 49.2. The number of nitrogens with zero attached hydrogens (tertiary/aromatic N) is 1. The van der Waals surface area contributed by atoms with Crippen molar-refractivity contribution >= 4 is 17.9 Å². The Bertz CT molecular complexity index is 1280. The molecule has 0 saturated heterocycles. The minimum Gasteiger partial charge on any atom is -0.545 e. The van der Waals surface area contributed by atoms with Gasteiger partial charge in [-0.3, -0.25) is 9.59 Å². The maximum Gasteiger partial charge on any atom is 0.306 e. The molecular formula is C58H103NO8. The van der Waals surface area contributed by atoms with Gasteiger partial charge in [0.15, 0.2) is 12.4 Å². The van der Waals surface area contributed by atoms with Crippen molar-refractivity contribution in [3.8, 4) is 0 Å². The highest BCUT2D eigenvalue weighted by Crippen LogP contribution is 2.15. The Balaban J connectivity index is 4.25. The second-order valence-electron chi connectivity index (χ2n) is 19.5. The molecule has 0 saturated carbocycles. The number of carboxylic acids is 1. The molecule has 0 amide bonds. The average molecular weight is 942 g/mol. The predicted molar refractivity (Wildman–Crippen MR) is 278 cm³/mol. The van der Waals surface area contributed by atoms with Crippen LogP contribution in [-0.2, 0) is 33.3 Å². The molecule has 9 nitrogen and oxygen atoms in total. The molecular weight excluding hydrogens is 839 g/mol. The summed E-state index contributed by atoms with van der Waals surface area (Å²) in [6.45, 7) is 4.62. The molecule has 0 aromatic rings. The molecule has 0 heterocycles. The topological polar surface area (TPSA) is 111 Å². The number of hydrogen-bond acceptors (Lipinski definition) is 8. The van der Waals surface area contributed by atoms with Crippen LogP contribution in [0.5, 0.6) is 0 Å². The van der Waals surface area contributed by atoms with Crippen LogP contribution in [0.3, 0.4) is 0 Å². The number of likely N-dealkylation sites (N-methyl/N-ethyl adjacent to an activating group) is 1. The van der Waals surface area contributed by atoms with Crippen molar-refractivity contribution in [3.05, 3.63) is 60.8 Å². The summed E-state index contributed by atoms with van der Waals surface area (Å²) in [5.74, 6) is -2.30. The van der Waals surface area contributed by atoms with E-state index >= 15 is 0 Å². The zero-order valence-corrected chi connectivity index (χ0v) is 44.0. The first-order valence-corrected chi connectivity index (χ1v) is 27.4. The lowest BCUT2D eigenvalue weighted by Crippen LogP contribution is -2.44. The number of allylic oxidation sites excluding steroid dienone is 10. The average Bonchev–Trinajstić information content (AvgIpc) is 3.29.